The van der Waals surface area contributed by atoms with Gasteiger partial charge in [0.2, 0.25) is 17.7 Å². The van der Waals surface area contributed by atoms with Gasteiger partial charge in [-0.05, 0) is 42.3 Å². The van der Waals surface area contributed by atoms with E-state index in [1.54, 1.807) is 0 Å². The Hall–Kier alpha value is -4.11. The van der Waals surface area contributed by atoms with Gasteiger partial charge in [0.1, 0.15) is 0 Å². The quantitative estimate of drug-likeness (QED) is 0.321. The highest BCUT2D eigenvalue weighted by Crippen LogP contribution is 2.25. The minimum Gasteiger partial charge on any atom is -0.366 e. The van der Waals surface area contributed by atoms with E-state index in [9.17, 15) is 14.4 Å². The molecule has 4 aromatic rings. The van der Waals surface area contributed by atoms with Crippen LogP contribution in [0.25, 0.3) is 11.0 Å². The number of amides is 3. The molecule has 0 fully saturated rings. The summed E-state index contributed by atoms with van der Waals surface area (Å²) < 4.78 is 2.11. The van der Waals surface area contributed by atoms with E-state index < -0.39 is 11.8 Å². The van der Waals surface area contributed by atoms with Crippen molar-refractivity contribution >= 4 is 46.2 Å². The normalized spacial score (nSPS) is 10.8. The van der Waals surface area contributed by atoms with Crippen LogP contribution < -0.4 is 16.8 Å². The summed E-state index contributed by atoms with van der Waals surface area (Å²) in [5, 5.41) is 3.43. The number of aromatic nitrogens is 2. The zero-order valence-electron chi connectivity index (χ0n) is 18.2. The third-order valence-corrected chi connectivity index (χ3v) is 6.18. The molecule has 5 N–H and O–H groups in total. The van der Waals surface area contributed by atoms with Gasteiger partial charge in [-0.2, -0.15) is 0 Å². The first-order valence-electron chi connectivity index (χ1n) is 10.6. The van der Waals surface area contributed by atoms with Crippen molar-refractivity contribution in [2.45, 2.75) is 18.1 Å². The maximum atomic E-state index is 12.7. The summed E-state index contributed by atoms with van der Waals surface area (Å²) in [4.78, 5) is 40.5. The van der Waals surface area contributed by atoms with Crippen molar-refractivity contribution in [3.05, 3.63) is 89.5 Å². The van der Waals surface area contributed by atoms with Gasteiger partial charge >= 0.3 is 0 Å². The molecule has 0 aliphatic carbocycles. The van der Waals surface area contributed by atoms with E-state index >= 15 is 0 Å². The maximum absolute atomic E-state index is 12.7. The van der Waals surface area contributed by atoms with Crippen LogP contribution in [0.4, 0.5) is 5.69 Å². The first kappa shape index (κ1) is 23.1. The Bertz CT molecular complexity index is 1340. The van der Waals surface area contributed by atoms with Gasteiger partial charge in [-0.25, -0.2) is 4.98 Å². The number of nitrogens with one attached hydrogen (secondary N) is 1. The van der Waals surface area contributed by atoms with Crippen LogP contribution in [0.5, 0.6) is 0 Å². The number of carbonyl (C=O) groups is 3. The number of nitrogens with zero attached hydrogens (tertiary/aromatic N) is 2. The van der Waals surface area contributed by atoms with Gasteiger partial charge in [-0.1, -0.05) is 54.2 Å². The van der Waals surface area contributed by atoms with Gasteiger partial charge < -0.3 is 21.4 Å². The number of anilines is 1. The van der Waals surface area contributed by atoms with Crippen molar-refractivity contribution in [1.82, 2.24) is 9.55 Å². The van der Waals surface area contributed by atoms with Crippen LogP contribution in [-0.4, -0.2) is 33.0 Å². The molecule has 8 nitrogen and oxygen atoms in total. The molecule has 0 spiro atoms. The smallest absolute Gasteiger partial charge is 0.248 e. The first-order chi connectivity index (χ1) is 16.4. The van der Waals surface area contributed by atoms with E-state index in [1.807, 2.05) is 42.5 Å². The van der Waals surface area contributed by atoms with Crippen molar-refractivity contribution in [3.8, 4) is 0 Å². The number of hydrogen-bond acceptors (Lipinski definition) is 5. The Balaban J connectivity index is 1.49. The maximum Gasteiger partial charge on any atom is 0.248 e. The van der Waals surface area contributed by atoms with Crippen molar-refractivity contribution in [2.24, 2.45) is 11.5 Å². The summed E-state index contributed by atoms with van der Waals surface area (Å²) in [5.74, 6) is -1.68. The largest absolute Gasteiger partial charge is 0.366 e. The number of para-hydroxylation sites is 2. The molecule has 4 rings (SSSR count). The second kappa shape index (κ2) is 10.2. The SMILES string of the molecule is NC(=O)c1cc(NC(=O)CSc2nc3ccccc3n2CCc2ccccc2)cc(C(N)=O)c1. The minimum atomic E-state index is -0.722. The Kier molecular flexibility index (Phi) is 6.93. The number of thioether (sulfide) groups is 1. The van der Waals surface area contributed by atoms with E-state index in [4.69, 9.17) is 16.5 Å². The standard InChI is InChI=1S/C25H23N5O3S/c26-23(32)17-12-18(24(27)33)14-19(13-17)28-22(31)15-34-25-29-20-8-4-5-9-21(20)30(25)11-10-16-6-2-1-3-7-16/h1-9,12-14H,10-11,15H2,(H2,26,32)(H2,27,33)(H,28,31). The summed E-state index contributed by atoms with van der Waals surface area (Å²) >= 11 is 1.31. The van der Waals surface area contributed by atoms with Gasteiger partial charge in [0.05, 0.1) is 16.8 Å². The Labute approximate surface area is 200 Å². The highest BCUT2D eigenvalue weighted by molar-refractivity contribution is 7.99. The van der Waals surface area contributed by atoms with E-state index in [2.05, 4.69) is 22.0 Å². The lowest BCUT2D eigenvalue weighted by molar-refractivity contribution is -0.113. The molecule has 0 saturated heterocycles. The van der Waals surface area contributed by atoms with E-state index in [-0.39, 0.29) is 28.5 Å². The van der Waals surface area contributed by atoms with Crippen LogP contribution >= 0.6 is 11.8 Å². The molecular formula is C25H23N5O3S. The number of benzene rings is 3. The molecule has 0 radical (unpaired) electrons. The molecule has 3 amide bonds. The molecule has 1 heterocycles. The van der Waals surface area contributed by atoms with Crippen LogP contribution in [0.15, 0.2) is 78.0 Å². The Morgan fingerprint density at radius 1 is 0.882 bits per heavy atom. The monoisotopic (exact) mass is 473 g/mol. The number of primary amides is 2. The number of rotatable bonds is 9. The fourth-order valence-electron chi connectivity index (χ4n) is 3.58. The second-order valence-electron chi connectivity index (χ2n) is 7.63. The average molecular weight is 474 g/mol. The molecule has 0 atom stereocenters. The molecule has 0 aliphatic rings. The van der Waals surface area contributed by atoms with Gasteiger partial charge in [0.15, 0.2) is 5.16 Å². The lowest BCUT2D eigenvalue weighted by Gasteiger charge is -2.10. The van der Waals surface area contributed by atoms with Crippen LogP contribution in [0, 0.1) is 0 Å². The van der Waals surface area contributed by atoms with Crippen molar-refractivity contribution in [1.29, 1.82) is 0 Å². The molecular weight excluding hydrogens is 450 g/mol. The van der Waals surface area contributed by atoms with Crippen LogP contribution in [0.2, 0.25) is 0 Å². The fraction of sp³-hybridized carbons (Fsp3) is 0.120. The van der Waals surface area contributed by atoms with Crippen molar-refractivity contribution in [3.63, 3.8) is 0 Å². The number of aryl methyl sites for hydroxylation is 2. The highest BCUT2D eigenvalue weighted by atomic mass is 32.2. The number of nitrogens with two attached hydrogens (primary N) is 2. The second-order valence-corrected chi connectivity index (χ2v) is 8.58. The number of imidazole rings is 1. The van der Waals surface area contributed by atoms with Gasteiger partial charge in [-0.15, -0.1) is 0 Å². The molecule has 1 aromatic heterocycles. The number of fused-ring (bicyclic) bond motifs is 1. The first-order valence-corrected chi connectivity index (χ1v) is 11.6. The van der Waals surface area contributed by atoms with E-state index in [1.165, 1.54) is 35.5 Å². The Morgan fingerprint density at radius 3 is 2.21 bits per heavy atom. The zero-order chi connectivity index (χ0) is 24.1. The van der Waals surface area contributed by atoms with Gasteiger partial charge in [0, 0.05) is 23.4 Å². The molecule has 3 aromatic carbocycles. The Morgan fingerprint density at radius 2 is 1.53 bits per heavy atom. The van der Waals surface area contributed by atoms with Crippen LogP contribution in [-0.2, 0) is 17.8 Å². The lowest BCUT2D eigenvalue weighted by atomic mass is 10.1. The summed E-state index contributed by atoms with van der Waals surface area (Å²) in [6.45, 7) is 0.719. The zero-order valence-corrected chi connectivity index (χ0v) is 19.0. The van der Waals surface area contributed by atoms with Crippen molar-refractivity contribution < 1.29 is 14.4 Å². The van der Waals surface area contributed by atoms with Gasteiger partial charge in [-0.3, -0.25) is 14.4 Å². The molecule has 0 saturated carbocycles. The minimum absolute atomic E-state index is 0.0847. The fourth-order valence-corrected chi connectivity index (χ4v) is 4.42. The third kappa shape index (κ3) is 5.44. The summed E-state index contributed by atoms with van der Waals surface area (Å²) in [7, 11) is 0. The van der Waals surface area contributed by atoms with Crippen LogP contribution in [0.3, 0.4) is 0 Å². The average Bonchev–Trinajstić information content (AvgIpc) is 3.19. The third-order valence-electron chi connectivity index (χ3n) is 5.20. The number of carbonyl (C=O) groups excluding carboxylic acids is 3. The lowest BCUT2D eigenvalue weighted by Crippen LogP contribution is -2.19. The molecule has 9 heteroatoms. The molecule has 0 bridgehead atoms. The van der Waals surface area contributed by atoms with E-state index in [0.29, 0.717) is 0 Å². The summed E-state index contributed by atoms with van der Waals surface area (Å²) in [5.41, 5.74) is 14.2. The number of hydrogen-bond donors (Lipinski definition) is 3. The molecule has 0 aliphatic heterocycles. The van der Waals surface area contributed by atoms with Crippen molar-refractivity contribution in [2.75, 3.05) is 11.1 Å². The molecule has 0 unspecified atom stereocenters. The highest BCUT2D eigenvalue weighted by Gasteiger charge is 2.15. The molecule has 172 valence electrons. The predicted octanol–water partition coefficient (Wildman–Crippen LogP) is 3.21. The predicted molar refractivity (Wildman–Crippen MR) is 133 cm³/mol. The summed E-state index contributed by atoms with van der Waals surface area (Å²) in [6, 6.07) is 22.1. The topological polar surface area (TPSA) is 133 Å². The molecule has 34 heavy (non-hydrogen) atoms. The van der Waals surface area contributed by atoms with Gasteiger partial charge in [0.25, 0.3) is 0 Å². The van der Waals surface area contributed by atoms with E-state index in [0.717, 1.165) is 29.2 Å². The summed E-state index contributed by atoms with van der Waals surface area (Å²) in [6.07, 6.45) is 0.830. The van der Waals surface area contributed by atoms with Crippen LogP contribution in [0.1, 0.15) is 26.3 Å².